The smallest absolute Gasteiger partial charge is 0.106 e. The van der Waals surface area contributed by atoms with Crippen molar-refractivity contribution in [2.75, 3.05) is 6.54 Å². The molecule has 1 unspecified atom stereocenters. The van der Waals surface area contributed by atoms with Crippen LogP contribution in [-0.2, 0) is 6.54 Å². The molecule has 1 atom stereocenters. The maximum Gasteiger partial charge on any atom is 0.106 e. The van der Waals surface area contributed by atoms with E-state index in [9.17, 15) is 0 Å². The van der Waals surface area contributed by atoms with Gasteiger partial charge in [-0.1, -0.05) is 42.8 Å². The molecule has 2 nitrogen and oxygen atoms in total. The van der Waals surface area contributed by atoms with Crippen LogP contribution in [0.3, 0.4) is 0 Å². The summed E-state index contributed by atoms with van der Waals surface area (Å²) in [6, 6.07) is 15.5. The molecule has 1 aliphatic heterocycles. The lowest BCUT2D eigenvalue weighted by atomic mass is 9.96. The normalized spacial score (nSPS) is 19.9. The van der Waals surface area contributed by atoms with Crippen molar-refractivity contribution < 1.29 is 0 Å². The Balaban J connectivity index is 1.78. The fourth-order valence-electron chi connectivity index (χ4n) is 2.96. The first-order chi connectivity index (χ1) is 9.83. The van der Waals surface area contributed by atoms with Gasteiger partial charge >= 0.3 is 0 Å². The van der Waals surface area contributed by atoms with E-state index < -0.39 is 0 Å². The second-order valence-electron chi connectivity index (χ2n) is 5.38. The lowest BCUT2D eigenvalue weighted by molar-refractivity contribution is 0.140. The molecule has 104 valence electrons. The summed E-state index contributed by atoms with van der Waals surface area (Å²) in [5.41, 5.74) is 2.73. The highest BCUT2D eigenvalue weighted by atomic mass is 79.9. The second-order valence-corrected chi connectivity index (χ2v) is 6.19. The van der Waals surface area contributed by atoms with E-state index in [-0.39, 0.29) is 0 Å². The Hall–Kier alpha value is -1.19. The van der Waals surface area contributed by atoms with Gasteiger partial charge in [0.15, 0.2) is 0 Å². The van der Waals surface area contributed by atoms with Crippen molar-refractivity contribution in [2.45, 2.75) is 31.8 Å². The number of halogens is 1. The third kappa shape index (κ3) is 3.28. The van der Waals surface area contributed by atoms with E-state index in [4.69, 9.17) is 0 Å². The summed E-state index contributed by atoms with van der Waals surface area (Å²) in [7, 11) is 0. The molecule has 20 heavy (non-hydrogen) atoms. The van der Waals surface area contributed by atoms with Crippen molar-refractivity contribution in [1.82, 2.24) is 9.88 Å². The van der Waals surface area contributed by atoms with Crippen LogP contribution in [0, 0.1) is 0 Å². The zero-order chi connectivity index (χ0) is 13.8. The molecule has 0 amide bonds. The summed E-state index contributed by atoms with van der Waals surface area (Å²) in [5, 5.41) is 0. The van der Waals surface area contributed by atoms with Gasteiger partial charge in [0, 0.05) is 18.8 Å². The van der Waals surface area contributed by atoms with Gasteiger partial charge in [0.05, 0.1) is 0 Å². The van der Waals surface area contributed by atoms with Crippen LogP contribution >= 0.6 is 15.9 Å². The minimum Gasteiger partial charge on any atom is -0.292 e. The summed E-state index contributed by atoms with van der Waals surface area (Å²) < 4.78 is 0.909. The van der Waals surface area contributed by atoms with Crippen molar-refractivity contribution in [3.8, 4) is 0 Å². The molecule has 1 saturated heterocycles. The summed E-state index contributed by atoms with van der Waals surface area (Å²) in [6.45, 7) is 2.21. The van der Waals surface area contributed by atoms with Crippen LogP contribution in [0.1, 0.15) is 36.4 Å². The van der Waals surface area contributed by atoms with Crippen LogP contribution in [0.15, 0.2) is 53.3 Å². The van der Waals surface area contributed by atoms with Crippen LogP contribution in [0.5, 0.6) is 0 Å². The van der Waals surface area contributed by atoms with Gasteiger partial charge in [0.25, 0.3) is 0 Å². The summed E-state index contributed by atoms with van der Waals surface area (Å²) in [6.07, 6.45) is 5.85. The number of hydrogen-bond acceptors (Lipinski definition) is 2. The largest absolute Gasteiger partial charge is 0.292 e. The van der Waals surface area contributed by atoms with E-state index >= 15 is 0 Å². The van der Waals surface area contributed by atoms with Crippen molar-refractivity contribution in [1.29, 1.82) is 0 Å². The Morgan fingerprint density at radius 2 is 1.95 bits per heavy atom. The van der Waals surface area contributed by atoms with Crippen molar-refractivity contribution in [2.24, 2.45) is 0 Å². The Kier molecular flexibility index (Phi) is 4.48. The average Bonchev–Trinajstić information content (AvgIpc) is 2.50. The topological polar surface area (TPSA) is 16.1 Å². The first-order valence-corrected chi connectivity index (χ1v) is 8.01. The minimum absolute atomic E-state index is 0.504. The zero-order valence-corrected chi connectivity index (χ0v) is 13.1. The molecule has 0 radical (unpaired) electrons. The lowest BCUT2D eigenvalue weighted by Gasteiger charge is -2.36. The molecule has 1 aromatic carbocycles. The molecular weight excluding hydrogens is 312 g/mol. The molecule has 3 heteroatoms. The molecule has 2 heterocycles. The standard InChI is InChI=1S/C17H19BrN2/c18-17-10-9-15(12-19-17)16-8-4-5-11-20(16)13-14-6-2-1-3-7-14/h1-3,6-7,9-10,12,16H,4-5,8,11,13H2. The molecule has 0 N–H and O–H groups in total. The van der Waals surface area contributed by atoms with Crippen LogP contribution in [0.4, 0.5) is 0 Å². The van der Waals surface area contributed by atoms with Gasteiger partial charge < -0.3 is 0 Å². The van der Waals surface area contributed by atoms with Gasteiger partial charge in [0.1, 0.15) is 4.60 Å². The Labute approximate surface area is 129 Å². The maximum atomic E-state index is 4.39. The van der Waals surface area contributed by atoms with Crippen LogP contribution in [-0.4, -0.2) is 16.4 Å². The highest BCUT2D eigenvalue weighted by Crippen LogP contribution is 2.32. The first kappa shape index (κ1) is 13.8. The molecule has 1 aromatic heterocycles. The number of nitrogens with zero attached hydrogens (tertiary/aromatic N) is 2. The fourth-order valence-corrected chi connectivity index (χ4v) is 3.19. The number of likely N-dealkylation sites (tertiary alicyclic amines) is 1. The Morgan fingerprint density at radius 3 is 2.70 bits per heavy atom. The number of hydrogen-bond donors (Lipinski definition) is 0. The molecule has 0 bridgehead atoms. The van der Waals surface area contributed by atoms with Gasteiger partial charge in [-0.3, -0.25) is 4.90 Å². The van der Waals surface area contributed by atoms with Gasteiger partial charge in [-0.05, 0) is 52.5 Å². The van der Waals surface area contributed by atoms with Crippen molar-refractivity contribution in [3.05, 3.63) is 64.4 Å². The molecule has 2 aromatic rings. The Bertz CT molecular complexity index is 539. The lowest BCUT2D eigenvalue weighted by Crippen LogP contribution is -2.32. The van der Waals surface area contributed by atoms with Crippen LogP contribution in [0.25, 0.3) is 0 Å². The number of piperidine rings is 1. The summed E-state index contributed by atoms with van der Waals surface area (Å²) in [4.78, 5) is 6.97. The van der Waals surface area contributed by atoms with E-state index in [1.807, 2.05) is 12.3 Å². The van der Waals surface area contributed by atoms with Gasteiger partial charge in [-0.2, -0.15) is 0 Å². The van der Waals surface area contributed by atoms with Crippen molar-refractivity contribution >= 4 is 15.9 Å². The molecule has 0 saturated carbocycles. The summed E-state index contributed by atoms with van der Waals surface area (Å²) >= 11 is 3.41. The number of pyridine rings is 1. The van der Waals surface area contributed by atoms with E-state index in [1.165, 1.54) is 36.9 Å². The molecule has 0 spiro atoms. The number of rotatable bonds is 3. The average molecular weight is 331 g/mol. The van der Waals surface area contributed by atoms with E-state index in [2.05, 4.69) is 62.2 Å². The van der Waals surface area contributed by atoms with E-state index in [0.717, 1.165) is 11.1 Å². The van der Waals surface area contributed by atoms with Gasteiger partial charge in [0.2, 0.25) is 0 Å². The van der Waals surface area contributed by atoms with Gasteiger partial charge in [-0.25, -0.2) is 4.98 Å². The predicted molar refractivity (Wildman–Crippen MR) is 85.4 cm³/mol. The van der Waals surface area contributed by atoms with Gasteiger partial charge in [-0.15, -0.1) is 0 Å². The minimum atomic E-state index is 0.504. The monoisotopic (exact) mass is 330 g/mol. The quantitative estimate of drug-likeness (QED) is 0.766. The van der Waals surface area contributed by atoms with Crippen LogP contribution in [0.2, 0.25) is 0 Å². The number of benzene rings is 1. The van der Waals surface area contributed by atoms with E-state index in [0.29, 0.717) is 6.04 Å². The SMILES string of the molecule is Brc1ccc(C2CCCCN2Cc2ccccc2)cn1. The first-order valence-electron chi connectivity index (χ1n) is 7.22. The Morgan fingerprint density at radius 1 is 1.10 bits per heavy atom. The van der Waals surface area contributed by atoms with Crippen molar-refractivity contribution in [3.63, 3.8) is 0 Å². The van der Waals surface area contributed by atoms with Crippen LogP contribution < -0.4 is 0 Å². The molecule has 0 aliphatic carbocycles. The maximum absolute atomic E-state index is 4.39. The molecule has 1 aliphatic rings. The predicted octanol–water partition coefficient (Wildman–Crippen LogP) is 4.57. The van der Waals surface area contributed by atoms with E-state index in [1.54, 1.807) is 0 Å². The second kappa shape index (κ2) is 6.51. The summed E-state index contributed by atoms with van der Waals surface area (Å²) in [5.74, 6) is 0. The molecular formula is C17H19BrN2. The zero-order valence-electron chi connectivity index (χ0n) is 11.5. The third-order valence-corrected chi connectivity index (χ3v) is 4.45. The highest BCUT2D eigenvalue weighted by molar-refractivity contribution is 9.10. The number of aromatic nitrogens is 1. The molecule has 3 rings (SSSR count). The molecule has 1 fully saturated rings. The fraction of sp³-hybridized carbons (Fsp3) is 0.353. The third-order valence-electron chi connectivity index (χ3n) is 3.98. The highest BCUT2D eigenvalue weighted by Gasteiger charge is 2.24.